The summed E-state index contributed by atoms with van der Waals surface area (Å²) in [6.07, 6.45) is 3.37. The van der Waals surface area contributed by atoms with Crippen molar-refractivity contribution in [3.05, 3.63) is 0 Å². The summed E-state index contributed by atoms with van der Waals surface area (Å²) in [5.74, 6) is -1.04. The van der Waals surface area contributed by atoms with Crippen molar-refractivity contribution >= 4 is 16.0 Å². The van der Waals surface area contributed by atoms with E-state index in [9.17, 15) is 13.2 Å². The van der Waals surface area contributed by atoms with Crippen molar-refractivity contribution < 1.29 is 18.3 Å². The second-order valence-corrected chi connectivity index (χ2v) is 7.13. The lowest BCUT2D eigenvalue weighted by Crippen LogP contribution is -2.45. The number of nitrogens with zero attached hydrogens (tertiary/aromatic N) is 1. The minimum absolute atomic E-state index is 0.0274. The van der Waals surface area contributed by atoms with Crippen molar-refractivity contribution in [1.29, 1.82) is 0 Å². The average molecular weight is 292 g/mol. The summed E-state index contributed by atoms with van der Waals surface area (Å²) in [6.45, 7) is 2.26. The lowest BCUT2D eigenvalue weighted by molar-refractivity contribution is -0.137. The predicted molar refractivity (Wildman–Crippen MR) is 73.3 cm³/mol. The molecule has 1 rings (SSSR count). The summed E-state index contributed by atoms with van der Waals surface area (Å²) >= 11 is 0. The van der Waals surface area contributed by atoms with Crippen molar-refractivity contribution in [3.8, 4) is 0 Å². The van der Waals surface area contributed by atoms with Gasteiger partial charge in [-0.1, -0.05) is 6.92 Å². The van der Waals surface area contributed by atoms with Crippen LogP contribution in [-0.2, 0) is 14.8 Å². The van der Waals surface area contributed by atoms with Gasteiger partial charge in [0.15, 0.2) is 0 Å². The van der Waals surface area contributed by atoms with Crippen LogP contribution in [0.1, 0.15) is 45.4 Å². The Kier molecular flexibility index (Phi) is 6.22. The first-order valence-electron chi connectivity index (χ1n) is 6.83. The van der Waals surface area contributed by atoms with E-state index in [1.165, 1.54) is 4.31 Å². The summed E-state index contributed by atoms with van der Waals surface area (Å²) in [4.78, 5) is 10.4. The zero-order valence-electron chi connectivity index (χ0n) is 11.4. The highest BCUT2D eigenvalue weighted by atomic mass is 32.2. The number of carboxylic acids is 1. The van der Waals surface area contributed by atoms with Gasteiger partial charge < -0.3 is 10.8 Å². The molecule has 3 N–H and O–H groups in total. The molecule has 0 aromatic rings. The molecule has 0 aromatic carbocycles. The maximum Gasteiger partial charge on any atom is 0.303 e. The molecule has 1 fully saturated rings. The number of rotatable bonds is 7. The zero-order chi connectivity index (χ0) is 14.5. The van der Waals surface area contributed by atoms with Crippen LogP contribution in [0.25, 0.3) is 0 Å². The molecular weight excluding hydrogens is 268 g/mol. The van der Waals surface area contributed by atoms with E-state index >= 15 is 0 Å². The lowest BCUT2D eigenvalue weighted by atomic mass is 9.92. The molecule has 0 atom stereocenters. The van der Waals surface area contributed by atoms with E-state index in [1.54, 1.807) is 0 Å². The van der Waals surface area contributed by atoms with E-state index in [-0.39, 0.29) is 30.7 Å². The molecule has 0 heterocycles. The van der Waals surface area contributed by atoms with Crippen LogP contribution in [0.15, 0.2) is 0 Å². The standard InChI is InChI=1S/C12H24N2O4S/c1-2-14(11-7-5-10(13)6-8-11)19(17,18)9-3-4-12(15)16/h10-11H,2-9,13H2,1H3,(H,15,16). The summed E-state index contributed by atoms with van der Waals surface area (Å²) in [5.41, 5.74) is 5.83. The Morgan fingerprint density at radius 2 is 1.89 bits per heavy atom. The quantitative estimate of drug-likeness (QED) is 0.722. The maximum absolute atomic E-state index is 12.2. The predicted octanol–water partition coefficient (Wildman–Crippen LogP) is 0.773. The Morgan fingerprint density at radius 3 is 2.37 bits per heavy atom. The van der Waals surface area contributed by atoms with Crippen LogP contribution in [0.2, 0.25) is 0 Å². The van der Waals surface area contributed by atoms with Crippen LogP contribution in [0.5, 0.6) is 0 Å². The monoisotopic (exact) mass is 292 g/mol. The highest BCUT2D eigenvalue weighted by molar-refractivity contribution is 7.89. The zero-order valence-corrected chi connectivity index (χ0v) is 12.2. The van der Waals surface area contributed by atoms with Gasteiger partial charge in [-0.15, -0.1) is 0 Å². The molecule has 0 unspecified atom stereocenters. The summed E-state index contributed by atoms with van der Waals surface area (Å²) in [5, 5.41) is 8.56. The number of aliphatic carboxylic acids is 1. The van der Waals surface area contributed by atoms with Crippen molar-refractivity contribution in [3.63, 3.8) is 0 Å². The van der Waals surface area contributed by atoms with Crippen LogP contribution in [0.3, 0.4) is 0 Å². The van der Waals surface area contributed by atoms with Gasteiger partial charge in [-0.05, 0) is 32.1 Å². The third kappa shape index (κ3) is 5.08. The molecule has 0 radical (unpaired) electrons. The van der Waals surface area contributed by atoms with Gasteiger partial charge in [0.25, 0.3) is 0 Å². The second kappa shape index (κ2) is 7.21. The number of carboxylic acid groups (broad SMARTS) is 1. The number of sulfonamides is 1. The molecule has 0 aliphatic heterocycles. The van der Waals surface area contributed by atoms with Crippen molar-refractivity contribution in [2.24, 2.45) is 5.73 Å². The maximum atomic E-state index is 12.2. The molecule has 0 aromatic heterocycles. The van der Waals surface area contributed by atoms with Crippen molar-refractivity contribution in [2.75, 3.05) is 12.3 Å². The third-order valence-corrected chi connectivity index (χ3v) is 5.69. The van der Waals surface area contributed by atoms with Crippen molar-refractivity contribution in [1.82, 2.24) is 4.31 Å². The Morgan fingerprint density at radius 1 is 1.32 bits per heavy atom. The molecule has 1 aliphatic rings. The topological polar surface area (TPSA) is 101 Å². The van der Waals surface area contributed by atoms with Gasteiger partial charge >= 0.3 is 5.97 Å². The molecule has 1 aliphatic carbocycles. The van der Waals surface area contributed by atoms with E-state index in [0.717, 1.165) is 25.7 Å². The van der Waals surface area contributed by atoms with Gasteiger partial charge in [0.2, 0.25) is 10.0 Å². The highest BCUT2D eigenvalue weighted by Gasteiger charge is 2.30. The van der Waals surface area contributed by atoms with Crippen LogP contribution in [0, 0.1) is 0 Å². The summed E-state index contributed by atoms with van der Waals surface area (Å²) in [7, 11) is -3.36. The molecule has 0 bridgehead atoms. The molecule has 6 nitrogen and oxygen atoms in total. The second-order valence-electron chi connectivity index (χ2n) is 5.09. The smallest absolute Gasteiger partial charge is 0.303 e. The molecule has 19 heavy (non-hydrogen) atoms. The minimum atomic E-state index is -3.36. The van der Waals surface area contributed by atoms with Gasteiger partial charge in [-0.2, -0.15) is 4.31 Å². The molecule has 112 valence electrons. The van der Waals surface area contributed by atoms with Crippen LogP contribution < -0.4 is 5.73 Å². The van der Waals surface area contributed by atoms with Crippen molar-refractivity contribution in [2.45, 2.75) is 57.5 Å². The Balaban J connectivity index is 2.59. The number of nitrogens with two attached hydrogens (primary N) is 1. The third-order valence-electron chi connectivity index (χ3n) is 3.61. The van der Waals surface area contributed by atoms with Crippen LogP contribution >= 0.6 is 0 Å². The minimum Gasteiger partial charge on any atom is -0.481 e. The molecular formula is C12H24N2O4S. The average Bonchev–Trinajstić information content (AvgIpc) is 2.31. The first-order valence-corrected chi connectivity index (χ1v) is 8.44. The number of hydrogen-bond acceptors (Lipinski definition) is 4. The number of hydrogen-bond donors (Lipinski definition) is 2. The van der Waals surface area contributed by atoms with Gasteiger partial charge in [0, 0.05) is 25.0 Å². The van der Waals surface area contributed by atoms with Gasteiger partial charge in [-0.25, -0.2) is 8.42 Å². The Hall–Kier alpha value is -0.660. The molecule has 0 spiro atoms. The fourth-order valence-electron chi connectivity index (χ4n) is 2.59. The highest BCUT2D eigenvalue weighted by Crippen LogP contribution is 2.24. The molecule has 0 amide bonds. The number of carbonyl (C=O) groups is 1. The van der Waals surface area contributed by atoms with E-state index in [2.05, 4.69) is 0 Å². The van der Waals surface area contributed by atoms with E-state index in [0.29, 0.717) is 6.54 Å². The SMILES string of the molecule is CCN(C1CCC(N)CC1)S(=O)(=O)CCCC(=O)O. The van der Waals surface area contributed by atoms with Crippen LogP contribution in [-0.4, -0.2) is 48.2 Å². The molecule has 7 heteroatoms. The molecule has 0 saturated heterocycles. The first-order chi connectivity index (χ1) is 8.86. The first kappa shape index (κ1) is 16.4. The summed E-state index contributed by atoms with van der Waals surface area (Å²) in [6, 6.07) is 0.212. The summed E-state index contributed by atoms with van der Waals surface area (Å²) < 4.78 is 26.0. The molecule has 1 saturated carbocycles. The van der Waals surface area contributed by atoms with Gasteiger partial charge in [0.1, 0.15) is 0 Å². The fraction of sp³-hybridized carbons (Fsp3) is 0.917. The Bertz CT molecular complexity index is 389. The van der Waals surface area contributed by atoms with Gasteiger partial charge in [-0.3, -0.25) is 4.79 Å². The normalized spacial score (nSPS) is 24.6. The van der Waals surface area contributed by atoms with E-state index in [4.69, 9.17) is 10.8 Å². The van der Waals surface area contributed by atoms with Gasteiger partial charge in [0.05, 0.1) is 5.75 Å². The Labute approximate surface area is 115 Å². The fourth-order valence-corrected chi connectivity index (χ4v) is 4.40. The van der Waals surface area contributed by atoms with E-state index in [1.807, 2.05) is 6.92 Å². The largest absolute Gasteiger partial charge is 0.481 e. The van der Waals surface area contributed by atoms with Crippen LogP contribution in [0.4, 0.5) is 0 Å². The van der Waals surface area contributed by atoms with E-state index < -0.39 is 16.0 Å². The lowest BCUT2D eigenvalue weighted by Gasteiger charge is -2.34.